The molecule has 5 heteroatoms. The van der Waals surface area contributed by atoms with Crippen molar-refractivity contribution in [1.82, 2.24) is 9.97 Å². The van der Waals surface area contributed by atoms with E-state index in [9.17, 15) is 0 Å². The molecule has 20 heavy (non-hydrogen) atoms. The van der Waals surface area contributed by atoms with Crippen LogP contribution in [0.4, 0.5) is 5.82 Å². The maximum absolute atomic E-state index is 5.33. The van der Waals surface area contributed by atoms with Gasteiger partial charge in [-0.3, -0.25) is 0 Å². The summed E-state index contributed by atoms with van der Waals surface area (Å²) >= 11 is 5.28. The van der Waals surface area contributed by atoms with Crippen LogP contribution in [0.2, 0.25) is 0 Å². The summed E-state index contributed by atoms with van der Waals surface area (Å²) in [6.07, 6.45) is 7.41. The Labute approximate surface area is 126 Å². The molecule has 0 unspecified atom stereocenters. The SMILES string of the molecule is CCOCCCNc1cc(=S)nc(C2CCCCC2)[nH]1. The second-order valence-corrected chi connectivity index (χ2v) is 5.75. The molecule has 1 heterocycles. The van der Waals surface area contributed by atoms with Gasteiger partial charge in [-0.25, -0.2) is 4.98 Å². The van der Waals surface area contributed by atoms with Crippen molar-refractivity contribution in [2.45, 2.75) is 51.4 Å². The molecular weight excluding hydrogens is 270 g/mol. The number of hydrogen-bond donors (Lipinski definition) is 2. The van der Waals surface area contributed by atoms with Gasteiger partial charge in [-0.1, -0.05) is 31.5 Å². The maximum atomic E-state index is 5.33. The smallest absolute Gasteiger partial charge is 0.131 e. The van der Waals surface area contributed by atoms with Crippen molar-refractivity contribution < 1.29 is 4.74 Å². The first kappa shape index (κ1) is 15.4. The third-order valence-corrected chi connectivity index (χ3v) is 3.95. The third-order valence-electron chi connectivity index (χ3n) is 3.74. The van der Waals surface area contributed by atoms with Gasteiger partial charge in [0.15, 0.2) is 0 Å². The topological polar surface area (TPSA) is 49.9 Å². The molecule has 0 saturated heterocycles. The van der Waals surface area contributed by atoms with E-state index in [4.69, 9.17) is 17.0 Å². The van der Waals surface area contributed by atoms with Crippen molar-refractivity contribution in [3.8, 4) is 0 Å². The molecule has 1 aromatic heterocycles. The monoisotopic (exact) mass is 295 g/mol. The van der Waals surface area contributed by atoms with Crippen molar-refractivity contribution in [3.05, 3.63) is 16.5 Å². The molecular formula is C15H25N3OS. The molecule has 2 N–H and O–H groups in total. The average molecular weight is 295 g/mol. The van der Waals surface area contributed by atoms with E-state index in [2.05, 4.69) is 15.3 Å². The van der Waals surface area contributed by atoms with E-state index in [0.29, 0.717) is 10.6 Å². The summed E-state index contributed by atoms with van der Waals surface area (Å²) < 4.78 is 6.01. The number of ether oxygens (including phenoxy) is 1. The minimum absolute atomic E-state index is 0.552. The number of anilines is 1. The van der Waals surface area contributed by atoms with Crippen LogP contribution in [-0.4, -0.2) is 29.7 Å². The summed E-state index contributed by atoms with van der Waals surface area (Å²) in [5.74, 6) is 2.60. The first-order chi connectivity index (χ1) is 9.79. The highest BCUT2D eigenvalue weighted by Crippen LogP contribution is 2.30. The number of hydrogen-bond acceptors (Lipinski definition) is 4. The molecule has 1 aromatic rings. The lowest BCUT2D eigenvalue weighted by atomic mass is 9.89. The Morgan fingerprint density at radius 1 is 1.40 bits per heavy atom. The van der Waals surface area contributed by atoms with E-state index in [1.54, 1.807) is 0 Å². The second kappa shape index (κ2) is 8.37. The fourth-order valence-corrected chi connectivity index (χ4v) is 2.90. The molecule has 0 bridgehead atoms. The lowest BCUT2D eigenvalue weighted by Gasteiger charge is -2.21. The van der Waals surface area contributed by atoms with E-state index in [1.165, 1.54) is 32.1 Å². The highest BCUT2D eigenvalue weighted by Gasteiger charge is 2.17. The summed E-state index contributed by atoms with van der Waals surface area (Å²) in [6, 6.07) is 1.91. The number of H-pyrrole nitrogens is 1. The molecule has 0 radical (unpaired) electrons. The minimum Gasteiger partial charge on any atom is -0.382 e. The summed E-state index contributed by atoms with van der Waals surface area (Å²) in [5, 5.41) is 3.38. The molecule has 0 atom stereocenters. The molecule has 1 aliphatic carbocycles. The van der Waals surface area contributed by atoms with Crippen LogP contribution >= 0.6 is 12.2 Å². The predicted molar refractivity (Wildman–Crippen MR) is 84.8 cm³/mol. The number of rotatable bonds is 7. The number of aromatic amines is 1. The zero-order valence-corrected chi connectivity index (χ0v) is 13.1. The van der Waals surface area contributed by atoms with E-state index in [1.807, 2.05) is 13.0 Å². The number of aromatic nitrogens is 2. The highest BCUT2D eigenvalue weighted by atomic mass is 32.1. The molecule has 1 fully saturated rings. The number of nitrogens with zero attached hydrogens (tertiary/aromatic N) is 1. The molecule has 0 aromatic carbocycles. The van der Waals surface area contributed by atoms with Crippen molar-refractivity contribution in [2.75, 3.05) is 25.1 Å². The van der Waals surface area contributed by atoms with Crippen LogP contribution < -0.4 is 5.32 Å². The second-order valence-electron chi connectivity index (χ2n) is 5.33. The van der Waals surface area contributed by atoms with Crippen LogP contribution in [0, 0.1) is 4.64 Å². The fourth-order valence-electron chi connectivity index (χ4n) is 2.68. The molecule has 1 aliphatic rings. The first-order valence-electron chi connectivity index (χ1n) is 7.72. The first-order valence-corrected chi connectivity index (χ1v) is 8.13. The quantitative estimate of drug-likeness (QED) is 0.589. The van der Waals surface area contributed by atoms with Crippen LogP contribution in [0.1, 0.15) is 57.2 Å². The fraction of sp³-hybridized carbons (Fsp3) is 0.733. The lowest BCUT2D eigenvalue weighted by molar-refractivity contribution is 0.147. The van der Waals surface area contributed by atoms with Crippen molar-refractivity contribution in [1.29, 1.82) is 0 Å². The Kier molecular flexibility index (Phi) is 6.47. The van der Waals surface area contributed by atoms with Gasteiger partial charge in [0.25, 0.3) is 0 Å². The zero-order valence-electron chi connectivity index (χ0n) is 12.3. The molecule has 0 aliphatic heterocycles. The van der Waals surface area contributed by atoms with Gasteiger partial charge in [-0.05, 0) is 26.2 Å². The Hall–Kier alpha value is -0.940. The van der Waals surface area contributed by atoms with Crippen molar-refractivity contribution in [3.63, 3.8) is 0 Å². The van der Waals surface area contributed by atoms with Crippen molar-refractivity contribution in [2.24, 2.45) is 0 Å². The van der Waals surface area contributed by atoms with E-state index < -0.39 is 0 Å². The van der Waals surface area contributed by atoms with Crippen LogP contribution in [0.25, 0.3) is 0 Å². The minimum atomic E-state index is 0.552. The van der Waals surface area contributed by atoms with Crippen LogP contribution in [-0.2, 0) is 4.74 Å². The average Bonchev–Trinajstić information content (AvgIpc) is 2.47. The van der Waals surface area contributed by atoms with Gasteiger partial charge >= 0.3 is 0 Å². The standard InChI is InChI=1S/C15H25N3OS/c1-2-19-10-6-9-16-13-11-14(20)18-15(17-13)12-7-4-3-5-8-12/h11-12H,2-10H2,1H3,(H2,16,17,18,20). The summed E-state index contributed by atoms with van der Waals surface area (Å²) in [4.78, 5) is 7.93. The lowest BCUT2D eigenvalue weighted by Crippen LogP contribution is -2.12. The molecule has 0 spiro atoms. The van der Waals surface area contributed by atoms with Crippen molar-refractivity contribution >= 4 is 18.0 Å². The molecule has 4 nitrogen and oxygen atoms in total. The van der Waals surface area contributed by atoms with Crippen LogP contribution in [0.3, 0.4) is 0 Å². The van der Waals surface area contributed by atoms with Gasteiger partial charge < -0.3 is 15.0 Å². The highest BCUT2D eigenvalue weighted by molar-refractivity contribution is 7.71. The largest absolute Gasteiger partial charge is 0.382 e. The third kappa shape index (κ3) is 4.87. The van der Waals surface area contributed by atoms with Gasteiger partial charge in [0.05, 0.1) is 0 Å². The Balaban J connectivity index is 1.92. The van der Waals surface area contributed by atoms with Crippen LogP contribution in [0.5, 0.6) is 0 Å². The Bertz CT molecular complexity index is 455. The van der Waals surface area contributed by atoms with Gasteiger partial charge in [-0.2, -0.15) is 0 Å². The summed E-state index contributed by atoms with van der Waals surface area (Å²) in [6.45, 7) is 4.48. The zero-order chi connectivity index (χ0) is 14.2. The van der Waals surface area contributed by atoms with E-state index >= 15 is 0 Å². The van der Waals surface area contributed by atoms with Gasteiger partial charge in [0, 0.05) is 31.7 Å². The van der Waals surface area contributed by atoms with E-state index in [0.717, 1.165) is 37.8 Å². The molecule has 0 amide bonds. The summed E-state index contributed by atoms with van der Waals surface area (Å²) in [5.41, 5.74) is 0. The van der Waals surface area contributed by atoms with Crippen LogP contribution in [0.15, 0.2) is 6.07 Å². The van der Waals surface area contributed by atoms with E-state index in [-0.39, 0.29) is 0 Å². The Morgan fingerprint density at radius 2 is 2.20 bits per heavy atom. The van der Waals surface area contributed by atoms with Gasteiger partial charge in [-0.15, -0.1) is 0 Å². The van der Waals surface area contributed by atoms with Gasteiger partial charge in [0.1, 0.15) is 16.3 Å². The predicted octanol–water partition coefficient (Wildman–Crippen LogP) is 4.03. The summed E-state index contributed by atoms with van der Waals surface area (Å²) in [7, 11) is 0. The number of nitrogens with one attached hydrogen (secondary N) is 2. The molecule has 2 rings (SSSR count). The maximum Gasteiger partial charge on any atom is 0.131 e. The molecule has 1 saturated carbocycles. The molecule has 112 valence electrons. The Morgan fingerprint density at radius 3 is 2.95 bits per heavy atom. The normalized spacial score (nSPS) is 16.2. The van der Waals surface area contributed by atoms with Gasteiger partial charge in [0.2, 0.25) is 0 Å².